The summed E-state index contributed by atoms with van der Waals surface area (Å²) in [5.74, 6) is 0.479. The maximum absolute atomic E-state index is 13.1. The number of esters is 1. The van der Waals surface area contributed by atoms with Crippen LogP contribution in [0.4, 0.5) is 5.69 Å². The number of nitrogens with zero attached hydrogens (tertiary/aromatic N) is 1. The molecule has 3 aromatic carbocycles. The van der Waals surface area contributed by atoms with E-state index in [1.807, 2.05) is 18.2 Å². The first-order chi connectivity index (χ1) is 16.0. The fourth-order valence-electron chi connectivity index (χ4n) is 3.23. The van der Waals surface area contributed by atoms with Crippen LogP contribution in [-0.2, 0) is 4.79 Å². The van der Waals surface area contributed by atoms with Crippen LogP contribution >= 0.6 is 24.0 Å². The van der Waals surface area contributed by atoms with Gasteiger partial charge in [0.05, 0.1) is 30.4 Å². The number of thiocarbonyl (C=S) groups is 1. The summed E-state index contributed by atoms with van der Waals surface area (Å²) in [6, 6.07) is 21.0. The van der Waals surface area contributed by atoms with Crippen molar-refractivity contribution in [1.29, 1.82) is 0 Å². The summed E-state index contributed by atoms with van der Waals surface area (Å²) in [4.78, 5) is 27.4. The molecule has 1 heterocycles. The molecule has 0 radical (unpaired) electrons. The molecular formula is C25H19NO5S2. The number of rotatable bonds is 6. The Labute approximate surface area is 200 Å². The largest absolute Gasteiger partial charge is 0.495 e. The minimum Gasteiger partial charge on any atom is -0.495 e. The molecule has 0 bridgehead atoms. The molecule has 1 aliphatic rings. The summed E-state index contributed by atoms with van der Waals surface area (Å²) in [6.07, 6.45) is 1.72. The Bertz CT molecular complexity index is 1260. The summed E-state index contributed by atoms with van der Waals surface area (Å²) < 4.78 is 16.7. The van der Waals surface area contributed by atoms with Gasteiger partial charge in [0, 0.05) is 0 Å². The third-order valence-corrected chi connectivity index (χ3v) is 6.12. The second kappa shape index (κ2) is 9.89. The lowest BCUT2D eigenvalue weighted by Crippen LogP contribution is -2.27. The molecule has 33 heavy (non-hydrogen) atoms. The molecule has 0 aliphatic carbocycles. The Balaban J connectivity index is 1.58. The second-order valence-corrected chi connectivity index (χ2v) is 8.53. The lowest BCUT2D eigenvalue weighted by Gasteiger charge is -2.17. The van der Waals surface area contributed by atoms with Gasteiger partial charge in [0.25, 0.3) is 5.91 Å². The molecule has 166 valence electrons. The van der Waals surface area contributed by atoms with Gasteiger partial charge in [-0.3, -0.25) is 9.69 Å². The van der Waals surface area contributed by atoms with Crippen molar-refractivity contribution in [3.8, 4) is 17.2 Å². The number of ether oxygens (including phenoxy) is 3. The number of anilines is 1. The summed E-state index contributed by atoms with van der Waals surface area (Å²) >= 11 is 6.66. The Morgan fingerprint density at radius 3 is 2.33 bits per heavy atom. The van der Waals surface area contributed by atoms with Crippen molar-refractivity contribution < 1.29 is 23.8 Å². The molecule has 0 aromatic heterocycles. The smallest absolute Gasteiger partial charge is 0.343 e. The third kappa shape index (κ3) is 4.76. The van der Waals surface area contributed by atoms with E-state index in [1.165, 1.54) is 23.8 Å². The van der Waals surface area contributed by atoms with Gasteiger partial charge < -0.3 is 14.2 Å². The first-order valence-corrected chi connectivity index (χ1v) is 11.1. The summed E-state index contributed by atoms with van der Waals surface area (Å²) in [5, 5.41) is 0. The molecule has 0 unspecified atom stereocenters. The van der Waals surface area contributed by atoms with Crippen LogP contribution < -0.4 is 19.1 Å². The lowest BCUT2D eigenvalue weighted by atomic mass is 10.1. The minimum absolute atomic E-state index is 0.243. The number of benzene rings is 3. The number of thioether (sulfide) groups is 1. The topological polar surface area (TPSA) is 65.1 Å². The molecule has 1 saturated heterocycles. The maximum Gasteiger partial charge on any atom is 0.343 e. The fraction of sp³-hybridized carbons (Fsp3) is 0.0800. The Morgan fingerprint density at radius 1 is 0.909 bits per heavy atom. The Morgan fingerprint density at radius 2 is 1.61 bits per heavy atom. The Hall–Kier alpha value is -3.62. The summed E-state index contributed by atoms with van der Waals surface area (Å²) in [6.45, 7) is 0. The van der Waals surface area contributed by atoms with E-state index in [0.29, 0.717) is 37.5 Å². The second-order valence-electron chi connectivity index (χ2n) is 6.85. The first kappa shape index (κ1) is 22.6. The van der Waals surface area contributed by atoms with E-state index in [1.54, 1.807) is 67.8 Å². The van der Waals surface area contributed by atoms with Crippen LogP contribution in [0.2, 0.25) is 0 Å². The van der Waals surface area contributed by atoms with Gasteiger partial charge in [-0.1, -0.05) is 60.4 Å². The average Bonchev–Trinajstić information content (AvgIpc) is 3.12. The van der Waals surface area contributed by atoms with Gasteiger partial charge in [-0.05, 0) is 48.0 Å². The number of hydrogen-bond acceptors (Lipinski definition) is 7. The molecular weight excluding hydrogens is 458 g/mol. The predicted octanol–water partition coefficient (Wildman–Crippen LogP) is 5.33. The number of methoxy groups -OCH3 is 2. The van der Waals surface area contributed by atoms with Crippen LogP contribution in [0.1, 0.15) is 15.9 Å². The van der Waals surface area contributed by atoms with Crippen molar-refractivity contribution in [2.75, 3.05) is 19.1 Å². The predicted molar refractivity (Wildman–Crippen MR) is 133 cm³/mol. The Kier molecular flexibility index (Phi) is 6.76. The molecule has 0 saturated carbocycles. The van der Waals surface area contributed by atoms with Gasteiger partial charge in [-0.15, -0.1) is 0 Å². The van der Waals surface area contributed by atoms with Gasteiger partial charge in [0.15, 0.2) is 15.8 Å². The monoisotopic (exact) mass is 477 g/mol. The van der Waals surface area contributed by atoms with E-state index in [4.69, 9.17) is 26.4 Å². The van der Waals surface area contributed by atoms with E-state index in [-0.39, 0.29) is 11.7 Å². The quantitative estimate of drug-likeness (QED) is 0.206. The summed E-state index contributed by atoms with van der Waals surface area (Å²) in [5.41, 5.74) is 1.72. The highest BCUT2D eigenvalue weighted by atomic mass is 32.2. The zero-order chi connectivity index (χ0) is 23.4. The lowest BCUT2D eigenvalue weighted by molar-refractivity contribution is -0.113. The molecule has 1 amide bonds. The van der Waals surface area contributed by atoms with E-state index in [0.717, 1.165) is 0 Å². The fourth-order valence-corrected chi connectivity index (χ4v) is 4.52. The van der Waals surface area contributed by atoms with Crippen LogP contribution in [0.15, 0.2) is 77.7 Å². The van der Waals surface area contributed by atoms with Gasteiger partial charge in [-0.2, -0.15) is 0 Å². The number of amides is 1. The van der Waals surface area contributed by atoms with Crippen LogP contribution in [-0.4, -0.2) is 30.4 Å². The highest BCUT2D eigenvalue weighted by Gasteiger charge is 2.34. The maximum atomic E-state index is 13.1. The summed E-state index contributed by atoms with van der Waals surface area (Å²) in [7, 11) is 3.03. The zero-order valence-electron chi connectivity index (χ0n) is 17.8. The van der Waals surface area contributed by atoms with Crippen molar-refractivity contribution in [1.82, 2.24) is 0 Å². The van der Waals surface area contributed by atoms with Crippen molar-refractivity contribution in [3.05, 3.63) is 88.8 Å². The molecule has 1 aliphatic heterocycles. The average molecular weight is 478 g/mol. The van der Waals surface area contributed by atoms with Crippen LogP contribution in [0.3, 0.4) is 0 Å². The first-order valence-electron chi connectivity index (χ1n) is 9.88. The van der Waals surface area contributed by atoms with Gasteiger partial charge in [0.2, 0.25) is 0 Å². The van der Waals surface area contributed by atoms with Crippen molar-refractivity contribution >= 4 is 51.9 Å². The standard InChI is InChI=1S/C25H19NO5S2/c1-29-19-11-7-6-10-18(19)26-23(27)22(33-25(26)32)15-16-12-13-20(21(14-16)30-2)31-24(28)17-8-4-3-5-9-17/h3-15H,1-2H3/b22-15-. The SMILES string of the molecule is COc1cc(/C=C2\SC(=S)N(c3ccccc3OC)C2=O)ccc1OC(=O)c1ccccc1. The molecule has 0 spiro atoms. The van der Waals surface area contributed by atoms with Gasteiger partial charge in [-0.25, -0.2) is 4.79 Å². The third-order valence-electron chi connectivity index (χ3n) is 4.82. The van der Waals surface area contributed by atoms with Gasteiger partial charge in [0.1, 0.15) is 5.75 Å². The van der Waals surface area contributed by atoms with E-state index in [9.17, 15) is 9.59 Å². The van der Waals surface area contributed by atoms with E-state index >= 15 is 0 Å². The molecule has 4 rings (SSSR count). The zero-order valence-corrected chi connectivity index (χ0v) is 19.4. The molecule has 1 fully saturated rings. The van der Waals surface area contributed by atoms with Crippen molar-refractivity contribution in [2.45, 2.75) is 0 Å². The van der Waals surface area contributed by atoms with Gasteiger partial charge >= 0.3 is 5.97 Å². The van der Waals surface area contributed by atoms with E-state index < -0.39 is 5.97 Å². The molecule has 6 nitrogen and oxygen atoms in total. The number of para-hydroxylation sites is 2. The van der Waals surface area contributed by atoms with Crippen molar-refractivity contribution in [3.63, 3.8) is 0 Å². The highest BCUT2D eigenvalue weighted by Crippen LogP contribution is 2.40. The number of hydrogen-bond donors (Lipinski definition) is 0. The van der Waals surface area contributed by atoms with Crippen LogP contribution in [0.25, 0.3) is 6.08 Å². The highest BCUT2D eigenvalue weighted by molar-refractivity contribution is 8.27. The molecule has 0 N–H and O–H groups in total. The molecule has 3 aromatic rings. The van der Waals surface area contributed by atoms with E-state index in [2.05, 4.69) is 0 Å². The number of carbonyl (C=O) groups excluding carboxylic acids is 2. The minimum atomic E-state index is -0.487. The van der Waals surface area contributed by atoms with Crippen molar-refractivity contribution in [2.24, 2.45) is 0 Å². The molecule has 8 heteroatoms. The van der Waals surface area contributed by atoms with Crippen LogP contribution in [0, 0.1) is 0 Å². The number of carbonyl (C=O) groups is 2. The molecule has 0 atom stereocenters. The van der Waals surface area contributed by atoms with Crippen LogP contribution in [0.5, 0.6) is 17.2 Å². The normalized spacial score (nSPS) is 14.5.